The number of nitro benzene ring substituents is 2. The van der Waals surface area contributed by atoms with Crippen molar-refractivity contribution in [3.05, 3.63) is 103 Å². The smallest absolute Gasteiger partial charge is 0.269 e. The van der Waals surface area contributed by atoms with E-state index in [9.17, 15) is 25.0 Å². The molecule has 0 aliphatic rings. The van der Waals surface area contributed by atoms with Crippen LogP contribution in [0.1, 0.15) is 15.9 Å². The van der Waals surface area contributed by atoms with Crippen LogP contribution in [0.5, 0.6) is 0 Å². The number of carbonyl (C=O) groups is 1. The van der Waals surface area contributed by atoms with E-state index in [1.807, 2.05) is 10.8 Å². The van der Waals surface area contributed by atoms with Crippen molar-refractivity contribution >= 4 is 39.8 Å². The van der Waals surface area contributed by atoms with Crippen molar-refractivity contribution in [1.29, 1.82) is 0 Å². The van der Waals surface area contributed by atoms with Crippen LogP contribution in [0.4, 0.5) is 11.4 Å². The van der Waals surface area contributed by atoms with Crippen molar-refractivity contribution in [1.82, 2.24) is 0 Å². The first-order valence-corrected chi connectivity index (χ1v) is 10.4. The SMILES string of the molecule is O=C(c1ccsc1-c1ccc([N+](=O)[O-])cc1)c1ccsc1-c1ccc([N+](=O)[O-])cc1. The average Bonchev–Trinajstić information content (AvgIpc) is 3.43. The molecule has 2 aromatic carbocycles. The first-order chi connectivity index (χ1) is 14.5. The maximum Gasteiger partial charge on any atom is 0.269 e. The number of benzene rings is 2. The minimum absolute atomic E-state index is 0.0125. The summed E-state index contributed by atoms with van der Waals surface area (Å²) in [5.41, 5.74) is 2.45. The van der Waals surface area contributed by atoms with Crippen molar-refractivity contribution in [3.8, 4) is 20.9 Å². The number of carbonyl (C=O) groups excluding carboxylic acids is 1. The summed E-state index contributed by atoms with van der Waals surface area (Å²) < 4.78 is 0. The van der Waals surface area contributed by atoms with Crippen LogP contribution in [0.2, 0.25) is 0 Å². The second-order valence-electron chi connectivity index (χ2n) is 6.26. The van der Waals surface area contributed by atoms with E-state index in [0.29, 0.717) is 11.1 Å². The van der Waals surface area contributed by atoms with Crippen molar-refractivity contribution in [2.45, 2.75) is 0 Å². The number of non-ortho nitro benzene ring substituents is 2. The van der Waals surface area contributed by atoms with Gasteiger partial charge in [-0.25, -0.2) is 0 Å². The molecule has 4 aromatic rings. The molecule has 0 bridgehead atoms. The zero-order chi connectivity index (χ0) is 21.3. The number of nitro groups is 2. The van der Waals surface area contributed by atoms with Gasteiger partial charge in [-0.3, -0.25) is 25.0 Å². The zero-order valence-corrected chi connectivity index (χ0v) is 16.8. The van der Waals surface area contributed by atoms with Gasteiger partial charge in [0.05, 0.1) is 9.85 Å². The molecule has 0 radical (unpaired) electrons. The van der Waals surface area contributed by atoms with E-state index in [0.717, 1.165) is 20.9 Å². The van der Waals surface area contributed by atoms with Gasteiger partial charge in [0.2, 0.25) is 0 Å². The molecule has 0 amide bonds. The van der Waals surface area contributed by atoms with Crippen LogP contribution < -0.4 is 0 Å². The Labute approximate surface area is 178 Å². The predicted molar refractivity (Wildman–Crippen MR) is 116 cm³/mol. The molecule has 0 saturated heterocycles. The molecule has 4 rings (SSSR count). The normalized spacial score (nSPS) is 10.7. The lowest BCUT2D eigenvalue weighted by molar-refractivity contribution is -0.385. The molecule has 0 N–H and O–H groups in total. The third-order valence-corrected chi connectivity index (χ3v) is 6.43. The molecule has 0 atom stereocenters. The van der Waals surface area contributed by atoms with Gasteiger partial charge in [-0.05, 0) is 58.3 Å². The molecule has 2 aromatic heterocycles. The lowest BCUT2D eigenvalue weighted by Gasteiger charge is -2.06. The van der Waals surface area contributed by atoms with E-state index in [4.69, 9.17) is 0 Å². The van der Waals surface area contributed by atoms with E-state index in [1.54, 1.807) is 36.4 Å². The predicted octanol–water partition coefficient (Wildman–Crippen LogP) is 6.19. The highest BCUT2D eigenvalue weighted by atomic mass is 32.1. The number of thiophene rings is 2. The van der Waals surface area contributed by atoms with Gasteiger partial charge in [0.15, 0.2) is 5.78 Å². The molecule has 0 aliphatic heterocycles. The summed E-state index contributed by atoms with van der Waals surface area (Å²) in [6.45, 7) is 0. The fraction of sp³-hybridized carbons (Fsp3) is 0. The highest BCUT2D eigenvalue weighted by Crippen LogP contribution is 2.36. The van der Waals surface area contributed by atoms with Crippen LogP contribution in [-0.4, -0.2) is 15.6 Å². The van der Waals surface area contributed by atoms with E-state index >= 15 is 0 Å². The first-order valence-electron chi connectivity index (χ1n) is 8.65. The maximum atomic E-state index is 13.3. The summed E-state index contributed by atoms with van der Waals surface area (Å²) in [7, 11) is 0. The molecular formula is C21H12N2O5S2. The quantitative estimate of drug-likeness (QED) is 0.204. The Bertz CT molecular complexity index is 1160. The van der Waals surface area contributed by atoms with E-state index in [1.165, 1.54) is 46.9 Å². The van der Waals surface area contributed by atoms with Gasteiger partial charge in [-0.15, -0.1) is 22.7 Å². The molecule has 148 valence electrons. The van der Waals surface area contributed by atoms with Crippen LogP contribution in [0.3, 0.4) is 0 Å². The Morgan fingerprint density at radius 3 is 1.33 bits per heavy atom. The minimum atomic E-state index is -0.466. The van der Waals surface area contributed by atoms with Crippen LogP contribution in [0.25, 0.3) is 20.9 Å². The number of rotatable bonds is 6. The molecule has 30 heavy (non-hydrogen) atoms. The van der Waals surface area contributed by atoms with Crippen molar-refractivity contribution < 1.29 is 14.6 Å². The monoisotopic (exact) mass is 436 g/mol. The minimum Gasteiger partial charge on any atom is -0.289 e. The summed E-state index contributed by atoms with van der Waals surface area (Å²) in [5.74, 6) is -0.167. The summed E-state index contributed by atoms with van der Waals surface area (Å²) in [5, 5.41) is 25.4. The third kappa shape index (κ3) is 3.63. The second-order valence-corrected chi connectivity index (χ2v) is 8.10. The Morgan fingerprint density at radius 1 is 0.633 bits per heavy atom. The first kappa shape index (κ1) is 19.6. The number of hydrogen-bond donors (Lipinski definition) is 0. The number of ketones is 1. The fourth-order valence-electron chi connectivity index (χ4n) is 3.04. The van der Waals surface area contributed by atoms with Gasteiger partial charge in [0.1, 0.15) is 0 Å². The van der Waals surface area contributed by atoms with Crippen molar-refractivity contribution in [2.24, 2.45) is 0 Å². The maximum absolute atomic E-state index is 13.3. The standard InChI is InChI=1S/C21H12N2O5S2/c24-19(17-9-11-29-20(17)13-1-5-15(6-2-13)22(25)26)18-10-12-30-21(18)14-3-7-16(8-4-14)23(27)28/h1-12H. The Kier molecular flexibility index (Phi) is 5.21. The summed E-state index contributed by atoms with van der Waals surface area (Å²) >= 11 is 2.77. The van der Waals surface area contributed by atoms with Gasteiger partial charge in [-0.2, -0.15) is 0 Å². The topological polar surface area (TPSA) is 103 Å². The lowest BCUT2D eigenvalue weighted by Crippen LogP contribution is -2.01. The Balaban J connectivity index is 1.69. The number of nitrogens with zero attached hydrogens (tertiary/aromatic N) is 2. The Hall–Kier alpha value is -3.69. The Morgan fingerprint density at radius 2 is 1.00 bits per heavy atom. The molecule has 0 fully saturated rings. The van der Waals surface area contributed by atoms with Crippen molar-refractivity contribution in [2.75, 3.05) is 0 Å². The molecule has 7 nitrogen and oxygen atoms in total. The van der Waals surface area contributed by atoms with Gasteiger partial charge in [0.25, 0.3) is 11.4 Å². The molecule has 0 saturated carbocycles. The molecule has 0 aliphatic carbocycles. The number of hydrogen-bond acceptors (Lipinski definition) is 7. The van der Waals surface area contributed by atoms with Gasteiger partial charge >= 0.3 is 0 Å². The highest BCUT2D eigenvalue weighted by molar-refractivity contribution is 7.14. The summed E-state index contributed by atoms with van der Waals surface area (Å²) in [6.07, 6.45) is 0. The van der Waals surface area contributed by atoms with E-state index < -0.39 is 9.85 Å². The van der Waals surface area contributed by atoms with E-state index in [2.05, 4.69) is 0 Å². The molecule has 0 unspecified atom stereocenters. The van der Waals surface area contributed by atoms with Crippen LogP contribution in [0, 0.1) is 20.2 Å². The largest absolute Gasteiger partial charge is 0.289 e. The van der Waals surface area contributed by atoms with Gasteiger partial charge < -0.3 is 0 Å². The zero-order valence-electron chi connectivity index (χ0n) is 15.2. The van der Waals surface area contributed by atoms with Crippen LogP contribution in [-0.2, 0) is 0 Å². The second kappa shape index (κ2) is 7.97. The third-order valence-electron chi connectivity index (χ3n) is 4.50. The summed E-state index contributed by atoms with van der Waals surface area (Å²) in [6, 6.07) is 15.6. The van der Waals surface area contributed by atoms with E-state index in [-0.39, 0.29) is 17.2 Å². The summed E-state index contributed by atoms with van der Waals surface area (Å²) in [4.78, 5) is 35.6. The molecule has 2 heterocycles. The molecular weight excluding hydrogens is 424 g/mol. The van der Waals surface area contributed by atoms with Crippen LogP contribution in [0.15, 0.2) is 71.4 Å². The van der Waals surface area contributed by atoms with Crippen LogP contribution >= 0.6 is 22.7 Å². The molecule has 9 heteroatoms. The fourth-order valence-corrected chi connectivity index (χ4v) is 4.84. The average molecular weight is 436 g/mol. The lowest BCUT2D eigenvalue weighted by atomic mass is 9.99. The molecule has 0 spiro atoms. The van der Waals surface area contributed by atoms with Gasteiger partial charge in [-0.1, -0.05) is 0 Å². The van der Waals surface area contributed by atoms with Gasteiger partial charge in [0, 0.05) is 45.1 Å². The van der Waals surface area contributed by atoms with Crippen molar-refractivity contribution in [3.63, 3.8) is 0 Å². The highest BCUT2D eigenvalue weighted by Gasteiger charge is 2.21.